The third-order valence-electron chi connectivity index (χ3n) is 5.40. The Kier molecular flexibility index (Phi) is 6.40. The minimum Gasteiger partial charge on any atom is -0.486 e. The van der Waals surface area contributed by atoms with Crippen LogP contribution in [-0.2, 0) is 13.2 Å². The molecule has 0 aliphatic carbocycles. The van der Waals surface area contributed by atoms with E-state index in [4.69, 9.17) is 9.15 Å². The summed E-state index contributed by atoms with van der Waals surface area (Å²) in [6, 6.07) is 20.1. The summed E-state index contributed by atoms with van der Waals surface area (Å²) in [6.07, 6.45) is 0. The largest absolute Gasteiger partial charge is 0.486 e. The summed E-state index contributed by atoms with van der Waals surface area (Å²) < 4.78 is 13.2. The van der Waals surface area contributed by atoms with E-state index in [0.717, 1.165) is 22.6 Å². The first-order valence-electron chi connectivity index (χ1n) is 10.6. The fraction of sp³-hybridized carbons (Fsp3) is 0.192. The van der Waals surface area contributed by atoms with E-state index in [1.807, 2.05) is 48.9 Å². The van der Waals surface area contributed by atoms with E-state index in [9.17, 15) is 9.59 Å². The monoisotopic (exact) mass is 443 g/mol. The molecule has 7 heteroatoms. The van der Waals surface area contributed by atoms with Gasteiger partial charge in [0.05, 0.1) is 11.4 Å². The first-order chi connectivity index (χ1) is 15.9. The number of carbonyl (C=O) groups is 2. The molecule has 33 heavy (non-hydrogen) atoms. The topological polar surface area (TPSA) is 86.4 Å². The highest BCUT2D eigenvalue weighted by atomic mass is 16.5. The number of ether oxygens (including phenoxy) is 1. The van der Waals surface area contributed by atoms with Crippen LogP contribution >= 0.6 is 0 Å². The van der Waals surface area contributed by atoms with Crippen molar-refractivity contribution in [3.63, 3.8) is 0 Å². The van der Waals surface area contributed by atoms with Crippen LogP contribution in [0.4, 0.5) is 0 Å². The van der Waals surface area contributed by atoms with Crippen LogP contribution in [0.25, 0.3) is 5.69 Å². The number of amides is 1. The number of ketones is 1. The predicted molar refractivity (Wildman–Crippen MR) is 124 cm³/mol. The molecule has 0 aliphatic rings. The van der Waals surface area contributed by atoms with E-state index in [-0.39, 0.29) is 24.1 Å². The van der Waals surface area contributed by atoms with Crippen molar-refractivity contribution in [1.82, 2.24) is 15.1 Å². The van der Waals surface area contributed by atoms with Gasteiger partial charge in [-0.2, -0.15) is 5.10 Å². The smallest absolute Gasteiger partial charge is 0.287 e. The van der Waals surface area contributed by atoms with Crippen molar-refractivity contribution in [3.8, 4) is 11.4 Å². The highest BCUT2D eigenvalue weighted by Crippen LogP contribution is 2.19. The van der Waals surface area contributed by atoms with Crippen LogP contribution in [0.5, 0.6) is 5.75 Å². The fourth-order valence-electron chi connectivity index (χ4n) is 3.53. The Bertz CT molecular complexity index is 1270. The number of aromatic nitrogens is 2. The van der Waals surface area contributed by atoms with E-state index in [0.29, 0.717) is 23.6 Å². The molecule has 0 atom stereocenters. The van der Waals surface area contributed by atoms with Gasteiger partial charge in [-0.15, -0.1) is 0 Å². The fourth-order valence-corrected chi connectivity index (χ4v) is 3.53. The first kappa shape index (κ1) is 22.1. The summed E-state index contributed by atoms with van der Waals surface area (Å²) in [4.78, 5) is 24.0. The van der Waals surface area contributed by atoms with Crippen molar-refractivity contribution in [2.45, 2.75) is 33.9 Å². The number of aryl methyl sites for hydroxylation is 1. The van der Waals surface area contributed by atoms with E-state index in [1.54, 1.807) is 36.4 Å². The minimum atomic E-state index is -0.307. The van der Waals surface area contributed by atoms with Gasteiger partial charge in [0, 0.05) is 23.4 Å². The van der Waals surface area contributed by atoms with E-state index in [1.165, 1.54) is 6.92 Å². The third kappa shape index (κ3) is 5.03. The SMILES string of the molecule is CC(=O)c1ccc(OCc2ccc(C(=O)NCc3c(C)nn(-c4ccccc4)c3C)o2)cc1. The Morgan fingerprint density at radius 2 is 1.73 bits per heavy atom. The molecule has 7 nitrogen and oxygen atoms in total. The molecule has 168 valence electrons. The summed E-state index contributed by atoms with van der Waals surface area (Å²) in [5.41, 5.74) is 4.40. The maximum absolute atomic E-state index is 12.6. The third-order valence-corrected chi connectivity index (χ3v) is 5.40. The van der Waals surface area contributed by atoms with E-state index >= 15 is 0 Å². The van der Waals surface area contributed by atoms with Gasteiger partial charge in [-0.1, -0.05) is 18.2 Å². The van der Waals surface area contributed by atoms with Crippen molar-refractivity contribution in [2.75, 3.05) is 0 Å². The van der Waals surface area contributed by atoms with Crippen LogP contribution in [0.1, 0.15) is 50.5 Å². The lowest BCUT2D eigenvalue weighted by Crippen LogP contribution is -2.23. The Labute approximate surface area is 192 Å². The van der Waals surface area contributed by atoms with Crippen molar-refractivity contribution < 1.29 is 18.7 Å². The van der Waals surface area contributed by atoms with Crippen molar-refractivity contribution >= 4 is 11.7 Å². The Balaban J connectivity index is 1.35. The molecular weight excluding hydrogens is 418 g/mol. The molecule has 4 rings (SSSR count). The number of furan rings is 1. The Hall–Kier alpha value is -4.13. The van der Waals surface area contributed by atoms with Crippen LogP contribution in [0, 0.1) is 13.8 Å². The number of nitrogens with zero attached hydrogens (tertiary/aromatic N) is 2. The van der Waals surface area contributed by atoms with E-state index < -0.39 is 0 Å². The quantitative estimate of drug-likeness (QED) is 0.396. The molecule has 0 aliphatic heterocycles. The molecule has 2 aromatic heterocycles. The summed E-state index contributed by atoms with van der Waals surface area (Å²) >= 11 is 0. The predicted octanol–water partition coefficient (Wildman–Crippen LogP) is 4.79. The van der Waals surface area contributed by atoms with Crippen LogP contribution < -0.4 is 10.1 Å². The lowest BCUT2D eigenvalue weighted by molar-refractivity contribution is 0.0918. The number of hydrogen-bond acceptors (Lipinski definition) is 5. The summed E-state index contributed by atoms with van der Waals surface area (Å²) in [7, 11) is 0. The summed E-state index contributed by atoms with van der Waals surface area (Å²) in [5, 5.41) is 7.52. The molecule has 1 amide bonds. The molecule has 0 saturated heterocycles. The molecule has 0 radical (unpaired) electrons. The average Bonchev–Trinajstić information content (AvgIpc) is 3.41. The summed E-state index contributed by atoms with van der Waals surface area (Å²) in [6.45, 7) is 5.95. The normalized spacial score (nSPS) is 10.8. The number of nitrogens with one attached hydrogen (secondary N) is 1. The molecule has 0 bridgehead atoms. The Morgan fingerprint density at radius 3 is 2.42 bits per heavy atom. The lowest BCUT2D eigenvalue weighted by atomic mass is 10.1. The van der Waals surface area contributed by atoms with Gasteiger partial charge in [-0.25, -0.2) is 4.68 Å². The van der Waals surface area contributed by atoms with Crippen LogP contribution in [0.15, 0.2) is 71.1 Å². The van der Waals surface area contributed by atoms with Crippen LogP contribution in [0.3, 0.4) is 0 Å². The number of Topliss-reactive ketones (excluding diaryl/α,β-unsaturated/α-hetero) is 1. The lowest BCUT2D eigenvalue weighted by Gasteiger charge is -2.06. The summed E-state index contributed by atoms with van der Waals surface area (Å²) in [5.74, 6) is 1.05. The molecular formula is C26H25N3O4. The zero-order valence-electron chi connectivity index (χ0n) is 18.8. The number of carbonyl (C=O) groups excluding carboxylic acids is 2. The van der Waals surface area contributed by atoms with Crippen LogP contribution in [0.2, 0.25) is 0 Å². The van der Waals surface area contributed by atoms with Gasteiger partial charge in [0.1, 0.15) is 18.1 Å². The number of hydrogen-bond donors (Lipinski definition) is 1. The highest BCUT2D eigenvalue weighted by Gasteiger charge is 2.16. The minimum absolute atomic E-state index is 0.000962. The van der Waals surface area contributed by atoms with Gasteiger partial charge in [-0.3, -0.25) is 9.59 Å². The second-order valence-corrected chi connectivity index (χ2v) is 7.71. The average molecular weight is 444 g/mol. The second-order valence-electron chi connectivity index (χ2n) is 7.71. The molecule has 2 aromatic carbocycles. The number of rotatable bonds is 8. The van der Waals surface area contributed by atoms with Gasteiger partial charge in [0.2, 0.25) is 0 Å². The molecule has 0 spiro atoms. The highest BCUT2D eigenvalue weighted by molar-refractivity contribution is 5.94. The van der Waals surface area contributed by atoms with Gasteiger partial charge >= 0.3 is 0 Å². The van der Waals surface area contributed by atoms with Crippen LogP contribution in [-0.4, -0.2) is 21.5 Å². The van der Waals surface area contributed by atoms with Gasteiger partial charge in [0.15, 0.2) is 11.5 Å². The maximum Gasteiger partial charge on any atom is 0.287 e. The number of para-hydroxylation sites is 1. The zero-order chi connectivity index (χ0) is 23.4. The van der Waals surface area contributed by atoms with Crippen molar-refractivity contribution in [3.05, 3.63) is 101 Å². The van der Waals surface area contributed by atoms with Crippen molar-refractivity contribution in [2.24, 2.45) is 0 Å². The molecule has 0 saturated carbocycles. The standard InChI is InChI=1S/C26H25N3O4/c1-17-24(18(2)29(28-17)21-7-5-4-6-8-21)15-27-26(31)25-14-13-23(33-25)16-32-22-11-9-20(10-12-22)19(3)30/h4-14H,15-16H2,1-3H3,(H,27,31). The van der Waals surface area contributed by atoms with Crippen molar-refractivity contribution in [1.29, 1.82) is 0 Å². The number of benzene rings is 2. The van der Waals surface area contributed by atoms with E-state index in [2.05, 4.69) is 10.4 Å². The van der Waals surface area contributed by atoms with Gasteiger partial charge < -0.3 is 14.5 Å². The first-order valence-corrected chi connectivity index (χ1v) is 10.6. The molecule has 0 unspecified atom stereocenters. The molecule has 2 heterocycles. The zero-order valence-corrected chi connectivity index (χ0v) is 18.8. The molecule has 4 aromatic rings. The van der Waals surface area contributed by atoms with Gasteiger partial charge in [0.25, 0.3) is 5.91 Å². The Morgan fingerprint density at radius 1 is 1.00 bits per heavy atom. The second kappa shape index (κ2) is 9.56. The molecule has 1 N–H and O–H groups in total. The maximum atomic E-state index is 12.6. The van der Waals surface area contributed by atoms with Gasteiger partial charge in [-0.05, 0) is 69.3 Å². The molecule has 0 fully saturated rings.